The van der Waals surface area contributed by atoms with Gasteiger partial charge in [0.25, 0.3) is 0 Å². The van der Waals surface area contributed by atoms with Crippen LogP contribution in [0, 0.1) is 0 Å². The van der Waals surface area contributed by atoms with Gasteiger partial charge in [-0.25, -0.2) is 9.59 Å². The third-order valence-corrected chi connectivity index (χ3v) is 2.35. The normalized spacial score (nSPS) is 24.3. The summed E-state index contributed by atoms with van der Waals surface area (Å²) in [5.74, 6) is -0.964. The molecule has 0 saturated heterocycles. The van der Waals surface area contributed by atoms with Crippen molar-refractivity contribution in [1.82, 2.24) is 0 Å². The molecule has 1 heterocycles. The molecule has 0 atom stereocenters. The summed E-state index contributed by atoms with van der Waals surface area (Å²) in [6.07, 6.45) is 4.47. The van der Waals surface area contributed by atoms with E-state index in [1.165, 1.54) is 0 Å². The van der Waals surface area contributed by atoms with E-state index >= 15 is 0 Å². The third-order valence-electron chi connectivity index (χ3n) is 2.35. The van der Waals surface area contributed by atoms with Crippen molar-refractivity contribution in [3.8, 4) is 0 Å². The monoisotopic (exact) mass is 160 g/mol. The van der Waals surface area contributed by atoms with Gasteiger partial charge in [0.05, 0.1) is 11.1 Å². The largest absolute Gasteiger partial charge is 0.386 e. The summed E-state index contributed by atoms with van der Waals surface area (Å²) in [6.45, 7) is 0. The maximum absolute atomic E-state index is 11.1. The molecule has 12 heavy (non-hydrogen) atoms. The minimum absolute atomic E-state index is 0.482. The van der Waals surface area contributed by atoms with E-state index in [1.54, 1.807) is 0 Å². The van der Waals surface area contributed by atoms with Crippen LogP contribution < -0.4 is 0 Å². The molecular formula is C9H4O3. The lowest BCUT2D eigenvalue weighted by molar-refractivity contribution is -0.150. The Kier molecular flexibility index (Phi) is 0.781. The van der Waals surface area contributed by atoms with Crippen LogP contribution in [-0.4, -0.2) is 11.9 Å². The topological polar surface area (TPSA) is 43.4 Å². The van der Waals surface area contributed by atoms with E-state index in [2.05, 4.69) is 4.74 Å². The van der Waals surface area contributed by atoms with Crippen LogP contribution >= 0.6 is 0 Å². The molecule has 0 saturated carbocycles. The number of rotatable bonds is 0. The molecule has 0 amide bonds. The van der Waals surface area contributed by atoms with E-state index in [1.807, 2.05) is 12.2 Å². The van der Waals surface area contributed by atoms with Gasteiger partial charge in [-0.2, -0.15) is 0 Å². The van der Waals surface area contributed by atoms with Crippen LogP contribution in [0.15, 0.2) is 34.4 Å². The quantitative estimate of drug-likeness (QED) is 0.385. The van der Waals surface area contributed by atoms with Crippen molar-refractivity contribution in [1.29, 1.82) is 0 Å². The highest BCUT2D eigenvalue weighted by Gasteiger charge is 2.43. The SMILES string of the molecule is O=C1OC(=O)C2=C1C1=CC=C2C1. The van der Waals surface area contributed by atoms with E-state index in [0.717, 1.165) is 17.6 Å². The van der Waals surface area contributed by atoms with Crippen LogP contribution in [0.1, 0.15) is 6.42 Å². The van der Waals surface area contributed by atoms with Gasteiger partial charge in [0.15, 0.2) is 0 Å². The van der Waals surface area contributed by atoms with Crippen molar-refractivity contribution >= 4 is 11.9 Å². The molecule has 3 heteroatoms. The molecule has 0 spiro atoms. The zero-order chi connectivity index (χ0) is 8.29. The van der Waals surface area contributed by atoms with Crippen LogP contribution in [0.2, 0.25) is 0 Å². The molecule has 3 rings (SSSR count). The molecule has 0 radical (unpaired) electrons. The van der Waals surface area contributed by atoms with Gasteiger partial charge in [-0.15, -0.1) is 0 Å². The molecule has 0 aromatic carbocycles. The third kappa shape index (κ3) is 0.460. The number of carbonyl (C=O) groups excluding carboxylic acids is 2. The molecule has 2 aliphatic carbocycles. The Morgan fingerprint density at radius 3 is 2.00 bits per heavy atom. The lowest BCUT2D eigenvalue weighted by Gasteiger charge is -1.95. The van der Waals surface area contributed by atoms with Gasteiger partial charge in [0.2, 0.25) is 0 Å². The van der Waals surface area contributed by atoms with Crippen molar-refractivity contribution in [3.05, 3.63) is 34.4 Å². The summed E-state index contributed by atoms with van der Waals surface area (Å²) in [7, 11) is 0. The average molecular weight is 160 g/mol. The molecule has 0 unspecified atom stereocenters. The summed E-state index contributed by atoms with van der Waals surface area (Å²) < 4.78 is 4.48. The molecule has 3 aliphatic rings. The summed E-state index contributed by atoms with van der Waals surface area (Å²) in [5.41, 5.74) is 2.85. The van der Waals surface area contributed by atoms with Gasteiger partial charge in [-0.3, -0.25) is 0 Å². The van der Waals surface area contributed by atoms with Crippen molar-refractivity contribution in [2.45, 2.75) is 6.42 Å². The Morgan fingerprint density at radius 2 is 1.50 bits per heavy atom. The predicted octanol–water partition coefficient (Wildman–Crippen LogP) is 0.636. The van der Waals surface area contributed by atoms with Crippen molar-refractivity contribution in [2.75, 3.05) is 0 Å². The first-order chi connectivity index (χ1) is 5.77. The van der Waals surface area contributed by atoms with Crippen molar-refractivity contribution < 1.29 is 14.3 Å². The summed E-state index contributed by atoms with van der Waals surface area (Å²) in [5, 5.41) is 0. The number of hydrogen-bond acceptors (Lipinski definition) is 3. The van der Waals surface area contributed by atoms with E-state index < -0.39 is 11.9 Å². The first-order valence-corrected chi connectivity index (χ1v) is 3.68. The Balaban J connectivity index is 2.32. The van der Waals surface area contributed by atoms with Crippen LogP contribution in [0.4, 0.5) is 0 Å². The van der Waals surface area contributed by atoms with Crippen molar-refractivity contribution in [3.63, 3.8) is 0 Å². The van der Waals surface area contributed by atoms with Crippen molar-refractivity contribution in [2.24, 2.45) is 0 Å². The van der Waals surface area contributed by atoms with E-state index in [9.17, 15) is 9.59 Å². The Bertz CT molecular complexity index is 383. The van der Waals surface area contributed by atoms with Gasteiger partial charge < -0.3 is 4.74 Å². The molecule has 3 nitrogen and oxygen atoms in total. The molecule has 58 valence electrons. The standard InChI is InChI=1S/C9H4O3/c10-8-6-4-1-2-5(3-4)7(6)9(11)12-8/h1-2H,3H2. The molecule has 0 N–H and O–H groups in total. The zero-order valence-electron chi connectivity index (χ0n) is 6.09. The first kappa shape index (κ1) is 5.94. The number of carbonyl (C=O) groups is 2. The lowest BCUT2D eigenvalue weighted by Crippen LogP contribution is -2.05. The average Bonchev–Trinajstić information content (AvgIpc) is 2.64. The Labute approximate surface area is 68.0 Å². The Morgan fingerprint density at radius 1 is 1.00 bits per heavy atom. The number of cyclic esters (lactones) is 2. The molecule has 0 aromatic heterocycles. The molecule has 0 aromatic rings. The van der Waals surface area contributed by atoms with Crippen LogP contribution in [0.5, 0.6) is 0 Å². The van der Waals surface area contributed by atoms with Crippen LogP contribution in [0.25, 0.3) is 0 Å². The van der Waals surface area contributed by atoms with Crippen LogP contribution in [0.3, 0.4) is 0 Å². The molecular weight excluding hydrogens is 156 g/mol. The van der Waals surface area contributed by atoms with Gasteiger partial charge in [0.1, 0.15) is 0 Å². The summed E-state index contributed by atoms with van der Waals surface area (Å²) in [4.78, 5) is 22.2. The summed E-state index contributed by atoms with van der Waals surface area (Å²) >= 11 is 0. The highest BCUT2D eigenvalue weighted by molar-refractivity contribution is 6.19. The van der Waals surface area contributed by atoms with E-state index in [4.69, 9.17) is 0 Å². The number of allylic oxidation sites excluding steroid dienone is 2. The second kappa shape index (κ2) is 1.58. The first-order valence-electron chi connectivity index (χ1n) is 3.68. The van der Waals surface area contributed by atoms with Gasteiger partial charge in [0, 0.05) is 0 Å². The van der Waals surface area contributed by atoms with Gasteiger partial charge in [-0.05, 0) is 17.6 Å². The fourth-order valence-corrected chi connectivity index (χ4v) is 1.84. The smallest absolute Gasteiger partial charge is 0.347 e. The minimum Gasteiger partial charge on any atom is -0.386 e. The van der Waals surface area contributed by atoms with Gasteiger partial charge >= 0.3 is 11.9 Å². The minimum atomic E-state index is -0.482. The van der Waals surface area contributed by atoms with Crippen LogP contribution in [-0.2, 0) is 14.3 Å². The van der Waals surface area contributed by atoms with Gasteiger partial charge in [-0.1, -0.05) is 12.2 Å². The molecule has 0 fully saturated rings. The second-order valence-electron chi connectivity index (χ2n) is 2.99. The number of fused-ring (bicyclic) bond motifs is 4. The molecule has 2 bridgehead atoms. The highest BCUT2D eigenvalue weighted by Crippen LogP contribution is 2.44. The number of ether oxygens (including phenoxy) is 1. The predicted molar refractivity (Wildman–Crippen MR) is 38.9 cm³/mol. The van der Waals surface area contributed by atoms with E-state index in [0.29, 0.717) is 11.1 Å². The maximum atomic E-state index is 11.1. The number of esters is 2. The number of hydrogen-bond donors (Lipinski definition) is 0. The lowest BCUT2D eigenvalue weighted by atomic mass is 10.1. The maximum Gasteiger partial charge on any atom is 0.347 e. The highest BCUT2D eigenvalue weighted by atomic mass is 16.6. The fourth-order valence-electron chi connectivity index (χ4n) is 1.84. The molecule has 1 aliphatic heterocycles. The Hall–Kier alpha value is -1.64. The van der Waals surface area contributed by atoms with E-state index in [-0.39, 0.29) is 0 Å². The summed E-state index contributed by atoms with van der Waals surface area (Å²) in [6, 6.07) is 0. The second-order valence-corrected chi connectivity index (χ2v) is 2.99. The zero-order valence-corrected chi connectivity index (χ0v) is 6.09. The fraction of sp³-hybridized carbons (Fsp3) is 0.111.